The zero-order valence-electron chi connectivity index (χ0n) is 9.43. The lowest BCUT2D eigenvalue weighted by atomic mass is 10.2. The Morgan fingerprint density at radius 3 is 2.94 bits per heavy atom. The molecule has 0 saturated heterocycles. The minimum absolute atomic E-state index is 0.0555. The third-order valence-corrected chi connectivity index (χ3v) is 3.09. The average Bonchev–Trinajstić information content (AvgIpc) is 2.72. The van der Waals surface area contributed by atoms with E-state index in [9.17, 15) is 4.79 Å². The molecule has 88 valence electrons. The number of pyridine rings is 1. The summed E-state index contributed by atoms with van der Waals surface area (Å²) in [5.74, 6) is 0.0555. The van der Waals surface area contributed by atoms with E-state index in [0.29, 0.717) is 17.4 Å². The van der Waals surface area contributed by atoms with E-state index >= 15 is 0 Å². The van der Waals surface area contributed by atoms with Gasteiger partial charge in [-0.2, -0.15) is 5.10 Å². The summed E-state index contributed by atoms with van der Waals surface area (Å²) in [6.45, 7) is 2.54. The number of hydrogen-bond acceptors (Lipinski definition) is 3. The van der Waals surface area contributed by atoms with Crippen LogP contribution in [0.4, 0.5) is 0 Å². The second-order valence-electron chi connectivity index (χ2n) is 3.72. The second-order valence-corrected chi connectivity index (χ2v) is 4.28. The number of halogens is 1. The van der Waals surface area contributed by atoms with Crippen molar-refractivity contribution in [3.63, 3.8) is 0 Å². The fourth-order valence-electron chi connectivity index (χ4n) is 1.62. The van der Waals surface area contributed by atoms with Gasteiger partial charge in [0.1, 0.15) is 0 Å². The van der Waals surface area contributed by atoms with Crippen LogP contribution < -0.4 is 0 Å². The molecule has 0 fully saturated rings. The largest absolute Gasteiger partial charge is 0.293 e. The van der Waals surface area contributed by atoms with Crippen molar-refractivity contribution in [2.75, 3.05) is 5.33 Å². The van der Waals surface area contributed by atoms with Crippen LogP contribution in [-0.4, -0.2) is 25.9 Å². The van der Waals surface area contributed by atoms with Gasteiger partial charge in [0.05, 0.1) is 23.6 Å². The van der Waals surface area contributed by atoms with Gasteiger partial charge in [-0.25, -0.2) is 0 Å². The Labute approximate surface area is 108 Å². The van der Waals surface area contributed by atoms with Crippen LogP contribution in [0.2, 0.25) is 0 Å². The van der Waals surface area contributed by atoms with Gasteiger partial charge in [0.15, 0.2) is 5.78 Å². The van der Waals surface area contributed by atoms with Gasteiger partial charge in [0, 0.05) is 18.1 Å². The van der Waals surface area contributed by atoms with Gasteiger partial charge >= 0.3 is 0 Å². The van der Waals surface area contributed by atoms with Crippen molar-refractivity contribution < 1.29 is 4.79 Å². The van der Waals surface area contributed by atoms with Crippen LogP contribution in [0.3, 0.4) is 0 Å². The molecule has 0 N–H and O–H groups in total. The molecule has 5 heteroatoms. The maximum absolute atomic E-state index is 11.6. The molecule has 2 heterocycles. The maximum Gasteiger partial charge on any atom is 0.176 e. The average molecular weight is 294 g/mol. The molecular formula is C12H12BrN3O. The number of nitrogens with zero attached hydrogens (tertiary/aromatic N) is 3. The molecule has 0 aliphatic carbocycles. The first-order valence-electron chi connectivity index (χ1n) is 5.23. The summed E-state index contributed by atoms with van der Waals surface area (Å²) in [5, 5.41) is 4.55. The highest BCUT2D eigenvalue weighted by Gasteiger charge is 2.12. The quantitative estimate of drug-likeness (QED) is 0.641. The molecule has 0 atom stereocenters. The zero-order valence-corrected chi connectivity index (χ0v) is 11.0. The van der Waals surface area contributed by atoms with Crippen LogP contribution in [0.25, 0.3) is 0 Å². The summed E-state index contributed by atoms with van der Waals surface area (Å²) in [6.07, 6.45) is 5.15. The Morgan fingerprint density at radius 1 is 1.47 bits per heavy atom. The normalized spacial score (nSPS) is 10.5. The summed E-state index contributed by atoms with van der Waals surface area (Å²) in [7, 11) is 0. The van der Waals surface area contributed by atoms with Crippen LogP contribution in [0.5, 0.6) is 0 Å². The lowest BCUT2D eigenvalue weighted by molar-refractivity contribution is 0.102. The van der Waals surface area contributed by atoms with Crippen molar-refractivity contribution in [1.29, 1.82) is 0 Å². The molecule has 0 saturated carbocycles. The lowest BCUT2D eigenvalue weighted by Crippen LogP contribution is -2.06. The van der Waals surface area contributed by atoms with E-state index in [1.807, 2.05) is 23.7 Å². The summed E-state index contributed by atoms with van der Waals surface area (Å²) >= 11 is 3.17. The Balaban J connectivity index is 2.24. The highest BCUT2D eigenvalue weighted by Crippen LogP contribution is 2.11. The smallest absolute Gasteiger partial charge is 0.176 e. The highest BCUT2D eigenvalue weighted by atomic mass is 79.9. The molecule has 0 radical (unpaired) electrons. The first-order chi connectivity index (χ1) is 8.22. The van der Waals surface area contributed by atoms with Crippen molar-refractivity contribution in [2.24, 2.45) is 0 Å². The Morgan fingerprint density at radius 2 is 2.29 bits per heavy atom. The molecule has 4 nitrogen and oxygen atoms in total. The molecule has 17 heavy (non-hydrogen) atoms. The lowest BCUT2D eigenvalue weighted by Gasteiger charge is -2.04. The van der Waals surface area contributed by atoms with Crippen LogP contribution in [0.15, 0.2) is 30.7 Å². The predicted molar refractivity (Wildman–Crippen MR) is 68.4 cm³/mol. The fraction of sp³-hybridized carbons (Fsp3) is 0.250. The van der Waals surface area contributed by atoms with Gasteiger partial charge in [-0.15, -0.1) is 0 Å². The number of hydrogen-bond donors (Lipinski definition) is 0. The van der Waals surface area contributed by atoms with E-state index < -0.39 is 0 Å². The maximum atomic E-state index is 11.6. The highest BCUT2D eigenvalue weighted by molar-refractivity contribution is 9.09. The SMILES string of the molecule is Cc1c(C(=O)CBr)cnn1Cc1cccnc1. The van der Waals surface area contributed by atoms with E-state index in [1.54, 1.807) is 18.6 Å². The first kappa shape index (κ1) is 12.0. The molecule has 0 aliphatic rings. The molecule has 0 aliphatic heterocycles. The molecule has 2 aromatic rings. The Kier molecular flexibility index (Phi) is 3.68. The summed E-state index contributed by atoms with van der Waals surface area (Å²) in [4.78, 5) is 15.6. The topological polar surface area (TPSA) is 47.8 Å². The summed E-state index contributed by atoms with van der Waals surface area (Å²) in [5.41, 5.74) is 2.63. The Hall–Kier alpha value is -1.49. The van der Waals surface area contributed by atoms with Gasteiger partial charge in [-0.3, -0.25) is 14.5 Å². The van der Waals surface area contributed by atoms with Gasteiger partial charge in [-0.1, -0.05) is 22.0 Å². The van der Waals surface area contributed by atoms with Gasteiger partial charge in [-0.05, 0) is 18.6 Å². The van der Waals surface area contributed by atoms with Crippen molar-refractivity contribution in [3.8, 4) is 0 Å². The third kappa shape index (κ3) is 2.61. The van der Waals surface area contributed by atoms with Crippen LogP contribution in [0.1, 0.15) is 21.6 Å². The van der Waals surface area contributed by atoms with Crippen molar-refractivity contribution in [2.45, 2.75) is 13.5 Å². The third-order valence-electron chi connectivity index (χ3n) is 2.58. The van der Waals surface area contributed by atoms with E-state index in [4.69, 9.17) is 0 Å². The summed E-state index contributed by atoms with van der Waals surface area (Å²) < 4.78 is 1.81. The van der Waals surface area contributed by atoms with Gasteiger partial charge < -0.3 is 0 Å². The number of carbonyl (C=O) groups is 1. The predicted octanol–water partition coefficient (Wildman–Crippen LogP) is 2.21. The minimum Gasteiger partial charge on any atom is -0.293 e. The molecule has 0 unspecified atom stereocenters. The van der Waals surface area contributed by atoms with Crippen molar-refractivity contribution in [1.82, 2.24) is 14.8 Å². The van der Waals surface area contributed by atoms with Crippen molar-refractivity contribution in [3.05, 3.63) is 47.5 Å². The number of carbonyl (C=O) groups excluding carboxylic acids is 1. The fourth-order valence-corrected chi connectivity index (χ4v) is 1.92. The second kappa shape index (κ2) is 5.23. The first-order valence-corrected chi connectivity index (χ1v) is 6.35. The van der Waals surface area contributed by atoms with E-state index in [-0.39, 0.29) is 5.78 Å². The number of aromatic nitrogens is 3. The number of rotatable bonds is 4. The molecule has 0 bridgehead atoms. The monoisotopic (exact) mass is 293 g/mol. The van der Waals surface area contributed by atoms with E-state index in [1.165, 1.54) is 0 Å². The van der Waals surface area contributed by atoms with E-state index in [0.717, 1.165) is 11.3 Å². The summed E-state index contributed by atoms with van der Waals surface area (Å²) in [6, 6.07) is 3.87. The van der Waals surface area contributed by atoms with Gasteiger partial charge in [0.2, 0.25) is 0 Å². The van der Waals surface area contributed by atoms with Gasteiger partial charge in [0.25, 0.3) is 0 Å². The molecule has 2 aromatic heterocycles. The molecule has 2 rings (SSSR count). The molecule has 0 aromatic carbocycles. The van der Waals surface area contributed by atoms with Crippen LogP contribution in [0, 0.1) is 6.92 Å². The van der Waals surface area contributed by atoms with Crippen LogP contribution in [-0.2, 0) is 6.54 Å². The molecule has 0 amide bonds. The number of Topliss-reactive ketones (excluding diaryl/α,β-unsaturated/α-hetero) is 1. The minimum atomic E-state index is 0.0555. The number of ketones is 1. The standard InChI is InChI=1S/C12H12BrN3O/c1-9-11(12(17)5-13)7-15-16(9)8-10-3-2-4-14-6-10/h2-4,6-7H,5,8H2,1H3. The number of alkyl halides is 1. The zero-order chi connectivity index (χ0) is 12.3. The van der Waals surface area contributed by atoms with E-state index in [2.05, 4.69) is 26.0 Å². The van der Waals surface area contributed by atoms with Crippen LogP contribution >= 0.6 is 15.9 Å². The Bertz CT molecular complexity index is 522. The molecular weight excluding hydrogens is 282 g/mol. The molecule has 0 spiro atoms. The van der Waals surface area contributed by atoms with Crippen molar-refractivity contribution >= 4 is 21.7 Å².